The van der Waals surface area contributed by atoms with Gasteiger partial charge in [-0.05, 0) is 47.9 Å². The molecule has 0 aromatic heterocycles. The van der Waals surface area contributed by atoms with Crippen LogP contribution in [0.4, 0.5) is 32.0 Å². The number of methoxy groups -OCH3 is 1. The van der Waals surface area contributed by atoms with Crippen molar-refractivity contribution in [1.82, 2.24) is 0 Å². The highest BCUT2D eigenvalue weighted by atomic mass is 32.2. The van der Waals surface area contributed by atoms with Crippen molar-refractivity contribution >= 4 is 22.8 Å². The first-order valence-corrected chi connectivity index (χ1v) is 10.8. The summed E-state index contributed by atoms with van der Waals surface area (Å²) in [7, 11) is 1.35. The zero-order chi connectivity index (χ0) is 25.0. The molecule has 12 heteroatoms. The lowest BCUT2D eigenvalue weighted by molar-refractivity contribution is -0.376. The van der Waals surface area contributed by atoms with Gasteiger partial charge in [0.1, 0.15) is 5.75 Å². The Morgan fingerprint density at radius 2 is 1.55 bits per heavy atom. The fourth-order valence-electron chi connectivity index (χ4n) is 3.02. The Kier molecular flexibility index (Phi) is 8.44. The van der Waals surface area contributed by atoms with E-state index in [0.29, 0.717) is 28.3 Å². The van der Waals surface area contributed by atoms with Crippen molar-refractivity contribution < 1.29 is 45.5 Å². The van der Waals surface area contributed by atoms with Crippen LogP contribution >= 0.6 is 0 Å². The number of alkyl halides is 6. The number of halogens is 6. The van der Waals surface area contributed by atoms with Crippen LogP contribution in [0.1, 0.15) is 24.0 Å². The van der Waals surface area contributed by atoms with Crippen molar-refractivity contribution in [2.24, 2.45) is 0 Å². The molecule has 0 bridgehead atoms. The predicted molar refractivity (Wildman–Crippen MR) is 109 cm³/mol. The predicted octanol–water partition coefficient (Wildman–Crippen LogP) is 4.50. The topological polar surface area (TPSA) is 81.6 Å². The fraction of sp³-hybridized carbons (Fsp3) is 0.381. The van der Waals surface area contributed by atoms with Crippen LogP contribution in [0.5, 0.6) is 0 Å². The second kappa shape index (κ2) is 10.3. The van der Waals surface area contributed by atoms with E-state index in [4.69, 9.17) is 4.74 Å². The summed E-state index contributed by atoms with van der Waals surface area (Å²) in [5.41, 5.74) is -6.07. The van der Waals surface area contributed by atoms with Crippen LogP contribution in [0.15, 0.2) is 53.4 Å². The first-order chi connectivity index (χ1) is 15.3. The summed E-state index contributed by atoms with van der Waals surface area (Å²) >= 11 is -1.19. The van der Waals surface area contributed by atoms with E-state index in [2.05, 4.69) is 5.32 Å². The Morgan fingerprint density at radius 1 is 1.03 bits per heavy atom. The molecule has 2 aromatic carbocycles. The number of hydrogen-bond acceptors (Lipinski definition) is 4. The van der Waals surface area contributed by atoms with Gasteiger partial charge in [-0.25, -0.2) is 0 Å². The SMILES string of the molecule is CC[S+]([O-])c1ccc(C(COC)C(=O)Nc2ccc(C(O)(C(F)(F)F)C(F)(F)F)cc2)cc1. The number of rotatable bonds is 8. The Hall–Kier alpha value is -2.28. The van der Waals surface area contributed by atoms with Crippen LogP contribution in [0.25, 0.3) is 0 Å². The molecule has 0 spiro atoms. The normalized spacial score (nSPS) is 14.6. The van der Waals surface area contributed by atoms with Crippen molar-refractivity contribution in [2.45, 2.75) is 35.7 Å². The number of nitrogens with one attached hydrogen (secondary N) is 1. The van der Waals surface area contributed by atoms with Gasteiger partial charge in [0, 0.05) is 18.4 Å². The fourth-order valence-corrected chi connectivity index (χ4v) is 3.79. The number of carbonyl (C=O) groups is 1. The minimum Gasteiger partial charge on any atom is -0.611 e. The first kappa shape index (κ1) is 27.0. The maximum Gasteiger partial charge on any atom is 0.430 e. The molecule has 0 aliphatic carbocycles. The Labute approximate surface area is 188 Å². The average molecular weight is 497 g/mol. The number of benzene rings is 2. The summed E-state index contributed by atoms with van der Waals surface area (Å²) in [5.74, 6) is -1.08. The van der Waals surface area contributed by atoms with Gasteiger partial charge in [0.15, 0.2) is 4.90 Å². The standard InChI is InChI=1S/C21H21F6NO4S/c1-3-33(31)16-10-4-13(5-11-16)17(12-32-2)18(29)28-15-8-6-14(7-9-15)19(30,20(22,23)24)21(25,26)27/h4-11,17,30H,3,12H2,1-2H3,(H,28,29). The van der Waals surface area contributed by atoms with Crippen molar-refractivity contribution in [3.8, 4) is 0 Å². The van der Waals surface area contributed by atoms with Crippen LogP contribution in [0, 0.1) is 0 Å². The second-order valence-electron chi connectivity index (χ2n) is 6.98. The van der Waals surface area contributed by atoms with Gasteiger partial charge in [0.25, 0.3) is 5.60 Å². The number of hydrogen-bond donors (Lipinski definition) is 2. The van der Waals surface area contributed by atoms with Gasteiger partial charge < -0.3 is 19.7 Å². The van der Waals surface area contributed by atoms with Crippen molar-refractivity contribution in [2.75, 3.05) is 24.8 Å². The Bertz CT molecular complexity index is 918. The third-order valence-electron chi connectivity index (χ3n) is 4.85. The van der Waals surface area contributed by atoms with Crippen molar-refractivity contribution in [3.05, 3.63) is 59.7 Å². The first-order valence-electron chi connectivity index (χ1n) is 9.50. The number of amides is 1. The smallest absolute Gasteiger partial charge is 0.430 e. The average Bonchev–Trinajstić information content (AvgIpc) is 2.75. The number of ether oxygens (including phenoxy) is 1. The van der Waals surface area contributed by atoms with Crippen LogP contribution in [0.3, 0.4) is 0 Å². The molecule has 2 atom stereocenters. The van der Waals surface area contributed by atoms with E-state index in [1.807, 2.05) is 0 Å². The summed E-state index contributed by atoms with van der Waals surface area (Å²) in [4.78, 5) is 13.3. The third-order valence-corrected chi connectivity index (χ3v) is 6.17. The molecule has 5 nitrogen and oxygen atoms in total. The van der Waals surface area contributed by atoms with E-state index in [1.54, 1.807) is 31.2 Å². The summed E-state index contributed by atoms with van der Waals surface area (Å²) in [6.45, 7) is 1.68. The van der Waals surface area contributed by atoms with Gasteiger partial charge in [-0.15, -0.1) is 0 Å². The molecule has 0 saturated heterocycles. The Morgan fingerprint density at radius 3 is 1.97 bits per heavy atom. The van der Waals surface area contributed by atoms with Crippen molar-refractivity contribution in [3.63, 3.8) is 0 Å². The zero-order valence-electron chi connectivity index (χ0n) is 17.5. The van der Waals surface area contributed by atoms with E-state index in [-0.39, 0.29) is 12.3 Å². The molecule has 0 aliphatic rings. The molecular weight excluding hydrogens is 476 g/mol. The van der Waals surface area contributed by atoms with E-state index < -0.39 is 46.5 Å². The Balaban J connectivity index is 2.26. The molecular formula is C21H21F6NO4S. The molecule has 2 unspecified atom stereocenters. The highest BCUT2D eigenvalue weighted by Crippen LogP contribution is 2.50. The molecule has 33 heavy (non-hydrogen) atoms. The van der Waals surface area contributed by atoms with Gasteiger partial charge in [0.2, 0.25) is 5.91 Å². The summed E-state index contributed by atoms with van der Waals surface area (Å²) in [6.07, 6.45) is -12.0. The molecule has 0 fully saturated rings. The molecule has 0 heterocycles. The highest BCUT2D eigenvalue weighted by Gasteiger charge is 2.71. The minimum absolute atomic E-state index is 0.0674. The summed E-state index contributed by atoms with van der Waals surface area (Å²) < 4.78 is 94.9. The molecule has 182 valence electrons. The van der Waals surface area contributed by atoms with Gasteiger partial charge in [-0.2, -0.15) is 26.3 Å². The molecule has 0 radical (unpaired) electrons. The summed E-state index contributed by atoms with van der Waals surface area (Å²) in [6, 6.07) is 8.89. The molecule has 2 N–H and O–H groups in total. The third kappa shape index (κ3) is 5.81. The van der Waals surface area contributed by atoms with Gasteiger partial charge in [-0.3, -0.25) is 4.79 Å². The molecule has 0 saturated carbocycles. The van der Waals surface area contributed by atoms with E-state index in [9.17, 15) is 40.8 Å². The quantitative estimate of drug-likeness (QED) is 0.416. The maximum atomic E-state index is 13.0. The lowest BCUT2D eigenvalue weighted by Crippen LogP contribution is -2.53. The molecule has 2 aromatic rings. The number of aliphatic hydroxyl groups is 1. The minimum atomic E-state index is -6.01. The monoisotopic (exact) mass is 497 g/mol. The maximum absolute atomic E-state index is 13.0. The van der Waals surface area contributed by atoms with E-state index >= 15 is 0 Å². The largest absolute Gasteiger partial charge is 0.611 e. The number of carbonyl (C=O) groups excluding carboxylic acids is 1. The molecule has 0 aliphatic heterocycles. The van der Waals surface area contributed by atoms with Crippen LogP contribution in [-0.4, -0.2) is 47.4 Å². The van der Waals surface area contributed by atoms with Gasteiger partial charge in [-0.1, -0.05) is 24.3 Å². The van der Waals surface area contributed by atoms with Crippen molar-refractivity contribution in [1.29, 1.82) is 0 Å². The van der Waals surface area contributed by atoms with Crippen LogP contribution < -0.4 is 5.32 Å². The highest BCUT2D eigenvalue weighted by molar-refractivity contribution is 7.91. The lowest BCUT2D eigenvalue weighted by Gasteiger charge is -2.32. The van der Waals surface area contributed by atoms with Crippen LogP contribution in [-0.2, 0) is 26.3 Å². The number of anilines is 1. The zero-order valence-corrected chi connectivity index (χ0v) is 18.3. The molecule has 2 rings (SSSR count). The van der Waals surface area contributed by atoms with E-state index in [0.717, 1.165) is 12.1 Å². The van der Waals surface area contributed by atoms with Crippen LogP contribution in [0.2, 0.25) is 0 Å². The van der Waals surface area contributed by atoms with Gasteiger partial charge in [0.05, 0.1) is 12.5 Å². The summed E-state index contributed by atoms with van der Waals surface area (Å²) in [5, 5.41) is 11.8. The second-order valence-corrected chi connectivity index (χ2v) is 8.72. The van der Waals surface area contributed by atoms with Gasteiger partial charge >= 0.3 is 12.4 Å². The molecule has 1 amide bonds. The van der Waals surface area contributed by atoms with E-state index in [1.165, 1.54) is 7.11 Å². The lowest BCUT2D eigenvalue weighted by atomic mass is 9.92.